The van der Waals surface area contributed by atoms with Gasteiger partial charge in [0.2, 0.25) is 0 Å². The highest BCUT2D eigenvalue weighted by atomic mass is 32.1. The summed E-state index contributed by atoms with van der Waals surface area (Å²) in [6.45, 7) is 2.04. The van der Waals surface area contributed by atoms with Crippen molar-refractivity contribution in [1.29, 1.82) is 0 Å². The molecule has 1 aromatic rings. The first-order chi connectivity index (χ1) is 6.15. The van der Waals surface area contributed by atoms with E-state index in [2.05, 4.69) is 0 Å². The predicted octanol–water partition coefficient (Wildman–Crippen LogP) is 1.98. The van der Waals surface area contributed by atoms with Crippen molar-refractivity contribution < 1.29 is 4.21 Å². The van der Waals surface area contributed by atoms with E-state index < -0.39 is 0 Å². The SMILES string of the molecule is Cc1ccc(C([S+]=O)N(C)C)cc1. The summed E-state index contributed by atoms with van der Waals surface area (Å²) in [7, 11) is 3.82. The third-order valence-electron chi connectivity index (χ3n) is 1.92. The summed E-state index contributed by atoms with van der Waals surface area (Å²) >= 11 is 0.613. The Kier molecular flexibility index (Phi) is 3.51. The van der Waals surface area contributed by atoms with Crippen molar-refractivity contribution in [3.05, 3.63) is 35.4 Å². The van der Waals surface area contributed by atoms with E-state index in [-0.39, 0.29) is 5.37 Å². The normalized spacial score (nSPS) is 12.9. The molecule has 0 saturated heterocycles. The summed E-state index contributed by atoms with van der Waals surface area (Å²) in [6.07, 6.45) is 0. The highest BCUT2D eigenvalue weighted by molar-refractivity contribution is 7.65. The molecule has 13 heavy (non-hydrogen) atoms. The first kappa shape index (κ1) is 10.3. The largest absolute Gasteiger partial charge is 0.484 e. The fourth-order valence-electron chi connectivity index (χ4n) is 1.17. The molecule has 3 heteroatoms. The molecule has 0 fully saturated rings. The lowest BCUT2D eigenvalue weighted by Crippen LogP contribution is -2.18. The van der Waals surface area contributed by atoms with Gasteiger partial charge >= 0.3 is 17.0 Å². The highest BCUT2D eigenvalue weighted by Gasteiger charge is 2.26. The molecule has 0 aliphatic carbocycles. The summed E-state index contributed by atoms with van der Waals surface area (Å²) < 4.78 is 10.8. The second-order valence-electron chi connectivity index (χ2n) is 3.32. The van der Waals surface area contributed by atoms with Crippen LogP contribution in [-0.2, 0) is 15.9 Å². The Morgan fingerprint density at radius 1 is 1.23 bits per heavy atom. The molecule has 0 saturated carbocycles. The quantitative estimate of drug-likeness (QED) is 0.544. The number of hydrogen-bond acceptors (Lipinski definition) is 2. The van der Waals surface area contributed by atoms with Crippen LogP contribution in [0.3, 0.4) is 0 Å². The van der Waals surface area contributed by atoms with Crippen molar-refractivity contribution in [3.8, 4) is 0 Å². The van der Waals surface area contributed by atoms with Gasteiger partial charge in [0.1, 0.15) is 0 Å². The van der Waals surface area contributed by atoms with Gasteiger partial charge in [-0.1, -0.05) is 29.8 Å². The molecular weight excluding hydrogens is 182 g/mol. The standard InChI is InChI=1S/C10H14NOS/c1-8-4-6-9(7-5-8)10(13-12)11(2)3/h4-7,10H,1-3H3/q+1. The van der Waals surface area contributed by atoms with Crippen LogP contribution in [0.15, 0.2) is 24.3 Å². The third-order valence-corrected chi connectivity index (χ3v) is 2.80. The van der Waals surface area contributed by atoms with Crippen molar-refractivity contribution in [1.82, 2.24) is 4.90 Å². The molecule has 0 aromatic heterocycles. The second kappa shape index (κ2) is 4.44. The Balaban J connectivity index is 2.92. The molecule has 0 amide bonds. The maximum Gasteiger partial charge on any atom is 0.484 e. The summed E-state index contributed by atoms with van der Waals surface area (Å²) in [5.74, 6) is 0. The van der Waals surface area contributed by atoms with Crippen LogP contribution in [0.5, 0.6) is 0 Å². The van der Waals surface area contributed by atoms with Crippen LogP contribution in [0.25, 0.3) is 0 Å². The van der Waals surface area contributed by atoms with E-state index in [1.54, 1.807) is 0 Å². The van der Waals surface area contributed by atoms with Crippen LogP contribution >= 0.6 is 0 Å². The molecule has 70 valence electrons. The molecule has 0 bridgehead atoms. The monoisotopic (exact) mass is 196 g/mol. The maximum absolute atomic E-state index is 10.8. The van der Waals surface area contributed by atoms with Gasteiger partial charge in [-0.2, -0.15) is 0 Å². The zero-order valence-electron chi connectivity index (χ0n) is 8.15. The van der Waals surface area contributed by atoms with Gasteiger partial charge < -0.3 is 0 Å². The van der Waals surface area contributed by atoms with Gasteiger partial charge in [-0.05, 0) is 21.0 Å². The second-order valence-corrected chi connectivity index (χ2v) is 3.96. The number of nitrogens with zero attached hydrogens (tertiary/aromatic N) is 1. The number of benzene rings is 1. The fourth-order valence-corrected chi connectivity index (χ4v) is 1.61. The summed E-state index contributed by atoms with van der Waals surface area (Å²) in [5, 5.41) is -0.0828. The molecular formula is C10H14NOS+. The van der Waals surface area contributed by atoms with Crippen LogP contribution in [0.4, 0.5) is 0 Å². The molecule has 1 atom stereocenters. The Bertz CT molecular complexity index is 281. The van der Waals surface area contributed by atoms with E-state index in [1.807, 2.05) is 50.2 Å². The number of hydrogen-bond donors (Lipinski definition) is 0. The summed E-state index contributed by atoms with van der Waals surface area (Å²) in [5.41, 5.74) is 2.28. The molecule has 1 aromatic carbocycles. The lowest BCUT2D eigenvalue weighted by molar-refractivity contribution is 0.384. The molecule has 0 spiro atoms. The minimum absolute atomic E-state index is 0.0828. The van der Waals surface area contributed by atoms with Crippen LogP contribution in [-0.4, -0.2) is 19.0 Å². The van der Waals surface area contributed by atoms with Crippen molar-refractivity contribution in [2.75, 3.05) is 14.1 Å². The van der Waals surface area contributed by atoms with Crippen molar-refractivity contribution >= 4 is 11.7 Å². The van der Waals surface area contributed by atoms with Crippen molar-refractivity contribution in [2.45, 2.75) is 12.3 Å². The van der Waals surface area contributed by atoms with E-state index in [4.69, 9.17) is 0 Å². The van der Waals surface area contributed by atoms with Crippen LogP contribution in [0.2, 0.25) is 0 Å². The van der Waals surface area contributed by atoms with Crippen molar-refractivity contribution in [2.24, 2.45) is 0 Å². The first-order valence-electron chi connectivity index (χ1n) is 4.17. The Hall–Kier alpha value is -0.800. The summed E-state index contributed by atoms with van der Waals surface area (Å²) in [4.78, 5) is 1.92. The average molecular weight is 196 g/mol. The average Bonchev–Trinajstić information content (AvgIpc) is 2.09. The fraction of sp³-hybridized carbons (Fsp3) is 0.400. The first-order valence-corrected chi connectivity index (χ1v) is 4.97. The topological polar surface area (TPSA) is 20.3 Å². The van der Waals surface area contributed by atoms with Crippen LogP contribution < -0.4 is 0 Å². The zero-order valence-corrected chi connectivity index (χ0v) is 8.97. The molecule has 0 aliphatic rings. The molecule has 0 aliphatic heterocycles. The number of aryl methyl sites for hydroxylation is 1. The van der Waals surface area contributed by atoms with Gasteiger partial charge in [-0.3, -0.25) is 0 Å². The van der Waals surface area contributed by atoms with Gasteiger partial charge in [-0.25, -0.2) is 4.90 Å². The van der Waals surface area contributed by atoms with Crippen molar-refractivity contribution in [3.63, 3.8) is 0 Å². The Morgan fingerprint density at radius 2 is 1.77 bits per heavy atom. The zero-order chi connectivity index (χ0) is 9.84. The molecule has 1 rings (SSSR count). The minimum Gasteiger partial charge on any atom is -0.249 e. The maximum atomic E-state index is 10.8. The van der Waals surface area contributed by atoms with E-state index in [1.165, 1.54) is 5.56 Å². The van der Waals surface area contributed by atoms with E-state index in [0.717, 1.165) is 5.56 Å². The van der Waals surface area contributed by atoms with Gasteiger partial charge in [-0.15, -0.1) is 0 Å². The third kappa shape index (κ3) is 2.57. The smallest absolute Gasteiger partial charge is 0.249 e. The molecule has 0 radical (unpaired) electrons. The van der Waals surface area contributed by atoms with E-state index >= 15 is 0 Å². The predicted molar refractivity (Wildman–Crippen MR) is 55.7 cm³/mol. The molecule has 0 N–H and O–H groups in total. The Labute approximate surface area is 83.1 Å². The lowest BCUT2D eigenvalue weighted by atomic mass is 10.1. The van der Waals surface area contributed by atoms with E-state index in [0.29, 0.717) is 11.7 Å². The minimum atomic E-state index is -0.0828. The molecule has 2 nitrogen and oxygen atoms in total. The van der Waals surface area contributed by atoms with Gasteiger partial charge in [0.25, 0.3) is 0 Å². The Morgan fingerprint density at radius 3 is 2.15 bits per heavy atom. The highest BCUT2D eigenvalue weighted by Crippen LogP contribution is 2.17. The van der Waals surface area contributed by atoms with Gasteiger partial charge in [0.15, 0.2) is 0 Å². The van der Waals surface area contributed by atoms with Gasteiger partial charge in [0.05, 0.1) is 0 Å². The number of rotatable bonds is 3. The van der Waals surface area contributed by atoms with Crippen LogP contribution in [0, 0.1) is 6.92 Å². The molecule has 1 unspecified atom stereocenters. The lowest BCUT2D eigenvalue weighted by Gasteiger charge is -2.08. The van der Waals surface area contributed by atoms with Gasteiger partial charge in [0, 0.05) is 9.77 Å². The van der Waals surface area contributed by atoms with E-state index in [9.17, 15) is 4.21 Å². The van der Waals surface area contributed by atoms with Crippen LogP contribution in [0.1, 0.15) is 16.5 Å². The molecule has 0 heterocycles. The summed E-state index contributed by atoms with van der Waals surface area (Å²) in [6, 6.07) is 8.07.